The Hall–Kier alpha value is -2.53. The fraction of sp³-hybridized carbons (Fsp3) is 0.300. The topological polar surface area (TPSA) is 55.8 Å². The normalized spacial score (nSPS) is 16.6. The van der Waals surface area contributed by atoms with Gasteiger partial charge in [0.2, 0.25) is 6.79 Å². The molecule has 1 saturated heterocycles. The molecule has 26 heavy (non-hydrogen) atoms. The first-order valence-electron chi connectivity index (χ1n) is 8.61. The van der Waals surface area contributed by atoms with Crippen LogP contribution in [-0.4, -0.2) is 36.5 Å². The van der Waals surface area contributed by atoms with Crippen molar-refractivity contribution in [1.82, 2.24) is 4.90 Å². The van der Waals surface area contributed by atoms with E-state index in [1.54, 1.807) is 17.0 Å². The van der Waals surface area contributed by atoms with Crippen molar-refractivity contribution < 1.29 is 19.1 Å². The van der Waals surface area contributed by atoms with Gasteiger partial charge in [-0.1, -0.05) is 41.9 Å². The molecule has 4 rings (SSSR count). The summed E-state index contributed by atoms with van der Waals surface area (Å²) in [4.78, 5) is 27.1. The quantitative estimate of drug-likeness (QED) is 0.770. The van der Waals surface area contributed by atoms with E-state index in [1.807, 2.05) is 30.3 Å². The highest BCUT2D eigenvalue weighted by Crippen LogP contribution is 2.40. The van der Waals surface area contributed by atoms with Crippen molar-refractivity contribution in [3.8, 4) is 11.5 Å². The van der Waals surface area contributed by atoms with Gasteiger partial charge in [-0.15, -0.1) is 0 Å². The number of carbonyl (C=O) groups excluding carboxylic acids is 2. The zero-order valence-corrected chi connectivity index (χ0v) is 14.9. The van der Waals surface area contributed by atoms with Crippen LogP contribution in [0.2, 0.25) is 5.02 Å². The third-order valence-electron chi connectivity index (χ3n) is 4.89. The number of Topliss-reactive ketones (excluding diaryl/α,β-unsaturated/α-hetero) is 1. The number of fused-ring (bicyclic) bond motifs is 1. The Balaban J connectivity index is 1.43. The Bertz CT molecular complexity index is 844. The first-order chi connectivity index (χ1) is 12.6. The standard InChI is InChI=1S/C20H18ClNO4/c21-16-10-15(11-17-19(16)26-12-25-17)20(24)22-8-6-14(7-9-22)18(23)13-4-2-1-3-5-13/h1-5,10-11,14H,6-9,12H2. The largest absolute Gasteiger partial charge is 0.454 e. The molecular formula is C20H18ClNO4. The molecule has 2 heterocycles. The maximum atomic E-state index is 12.8. The molecule has 0 N–H and O–H groups in total. The molecule has 0 bridgehead atoms. The van der Waals surface area contributed by atoms with Gasteiger partial charge in [0.1, 0.15) is 0 Å². The van der Waals surface area contributed by atoms with E-state index in [9.17, 15) is 9.59 Å². The van der Waals surface area contributed by atoms with Gasteiger partial charge in [0.05, 0.1) is 5.02 Å². The summed E-state index contributed by atoms with van der Waals surface area (Å²) in [6.07, 6.45) is 1.33. The van der Waals surface area contributed by atoms with Crippen molar-refractivity contribution >= 4 is 23.3 Å². The van der Waals surface area contributed by atoms with Gasteiger partial charge in [-0.05, 0) is 25.0 Å². The fourth-order valence-electron chi connectivity index (χ4n) is 3.46. The zero-order chi connectivity index (χ0) is 18.1. The molecule has 0 aliphatic carbocycles. The van der Waals surface area contributed by atoms with Gasteiger partial charge in [-0.2, -0.15) is 0 Å². The number of likely N-dealkylation sites (tertiary alicyclic amines) is 1. The van der Waals surface area contributed by atoms with Crippen LogP contribution in [0.4, 0.5) is 0 Å². The number of nitrogens with zero attached hydrogens (tertiary/aromatic N) is 1. The van der Waals surface area contributed by atoms with Crippen LogP contribution in [0.25, 0.3) is 0 Å². The number of hydrogen-bond donors (Lipinski definition) is 0. The van der Waals surface area contributed by atoms with Crippen LogP contribution in [0.1, 0.15) is 33.6 Å². The van der Waals surface area contributed by atoms with Crippen molar-refractivity contribution in [3.05, 3.63) is 58.6 Å². The summed E-state index contributed by atoms with van der Waals surface area (Å²) in [6.45, 7) is 1.21. The van der Waals surface area contributed by atoms with Crippen LogP contribution in [0.5, 0.6) is 11.5 Å². The van der Waals surface area contributed by atoms with Crippen LogP contribution in [-0.2, 0) is 0 Å². The van der Waals surface area contributed by atoms with E-state index < -0.39 is 0 Å². The minimum absolute atomic E-state index is 0.0400. The minimum Gasteiger partial charge on any atom is -0.454 e. The lowest BCUT2D eigenvalue weighted by Crippen LogP contribution is -2.40. The second-order valence-corrected chi connectivity index (χ2v) is 6.90. The molecule has 134 valence electrons. The summed E-state index contributed by atoms with van der Waals surface area (Å²) in [6, 6.07) is 12.6. The van der Waals surface area contributed by atoms with E-state index in [1.165, 1.54) is 0 Å². The number of ketones is 1. The summed E-state index contributed by atoms with van der Waals surface area (Å²) in [7, 11) is 0. The molecule has 0 radical (unpaired) electrons. The van der Waals surface area contributed by atoms with Gasteiger partial charge in [0, 0.05) is 30.1 Å². The molecule has 2 aromatic carbocycles. The lowest BCUT2D eigenvalue weighted by molar-refractivity contribution is 0.0650. The van der Waals surface area contributed by atoms with E-state index in [0.717, 1.165) is 5.56 Å². The molecule has 0 saturated carbocycles. The highest BCUT2D eigenvalue weighted by molar-refractivity contribution is 6.32. The maximum Gasteiger partial charge on any atom is 0.254 e. The van der Waals surface area contributed by atoms with Crippen molar-refractivity contribution in [3.63, 3.8) is 0 Å². The number of ether oxygens (including phenoxy) is 2. The molecule has 2 aromatic rings. The van der Waals surface area contributed by atoms with Gasteiger partial charge >= 0.3 is 0 Å². The average Bonchev–Trinajstić information content (AvgIpc) is 3.17. The molecular weight excluding hydrogens is 354 g/mol. The number of hydrogen-bond acceptors (Lipinski definition) is 4. The summed E-state index contributed by atoms with van der Waals surface area (Å²) in [5.74, 6) is 0.992. The first kappa shape index (κ1) is 16.9. The van der Waals surface area contributed by atoms with Crippen LogP contribution in [0.15, 0.2) is 42.5 Å². The molecule has 1 amide bonds. The third kappa shape index (κ3) is 3.15. The number of carbonyl (C=O) groups is 2. The lowest BCUT2D eigenvalue weighted by atomic mass is 9.88. The van der Waals surface area contributed by atoms with E-state index in [4.69, 9.17) is 21.1 Å². The van der Waals surface area contributed by atoms with Gasteiger partial charge in [0.25, 0.3) is 5.91 Å². The predicted molar refractivity (Wildman–Crippen MR) is 97.0 cm³/mol. The number of halogens is 1. The van der Waals surface area contributed by atoms with Crippen molar-refractivity contribution in [1.29, 1.82) is 0 Å². The van der Waals surface area contributed by atoms with Crippen LogP contribution in [0, 0.1) is 5.92 Å². The molecule has 6 heteroatoms. The SMILES string of the molecule is O=C(c1ccccc1)C1CCN(C(=O)c2cc(Cl)c3c(c2)OCO3)CC1. The first-order valence-corrected chi connectivity index (χ1v) is 8.99. The van der Waals surface area contributed by atoms with Crippen molar-refractivity contribution in [2.75, 3.05) is 19.9 Å². The summed E-state index contributed by atoms with van der Waals surface area (Å²) in [5.41, 5.74) is 1.21. The van der Waals surface area contributed by atoms with Gasteiger partial charge in [-0.25, -0.2) is 0 Å². The highest BCUT2D eigenvalue weighted by atomic mass is 35.5. The van der Waals surface area contributed by atoms with Crippen LogP contribution in [0.3, 0.4) is 0 Å². The average molecular weight is 372 g/mol. The minimum atomic E-state index is -0.101. The smallest absolute Gasteiger partial charge is 0.254 e. The second-order valence-electron chi connectivity index (χ2n) is 6.49. The van der Waals surface area contributed by atoms with Gasteiger partial charge < -0.3 is 14.4 Å². The van der Waals surface area contributed by atoms with E-state index in [0.29, 0.717) is 48.0 Å². The molecule has 0 atom stereocenters. The Labute approximate surface area is 156 Å². The summed E-state index contributed by atoms with van der Waals surface area (Å²) >= 11 is 6.17. The Morgan fingerprint density at radius 1 is 1.00 bits per heavy atom. The van der Waals surface area contributed by atoms with Crippen molar-refractivity contribution in [2.45, 2.75) is 12.8 Å². The molecule has 2 aliphatic heterocycles. The Kier molecular flexibility index (Phi) is 4.55. The predicted octanol–water partition coefficient (Wildman–Crippen LogP) is 3.80. The Morgan fingerprint density at radius 2 is 1.73 bits per heavy atom. The number of amides is 1. The summed E-state index contributed by atoms with van der Waals surface area (Å²) in [5, 5.41) is 0.373. The van der Waals surface area contributed by atoms with Crippen LogP contribution >= 0.6 is 11.6 Å². The number of piperidine rings is 1. The maximum absolute atomic E-state index is 12.8. The molecule has 0 aromatic heterocycles. The Morgan fingerprint density at radius 3 is 2.46 bits per heavy atom. The fourth-order valence-corrected chi connectivity index (χ4v) is 3.72. The third-order valence-corrected chi connectivity index (χ3v) is 5.17. The highest BCUT2D eigenvalue weighted by Gasteiger charge is 2.29. The molecule has 2 aliphatic rings. The van der Waals surface area contributed by atoms with Gasteiger partial charge in [0.15, 0.2) is 17.3 Å². The van der Waals surface area contributed by atoms with Gasteiger partial charge in [-0.3, -0.25) is 9.59 Å². The lowest BCUT2D eigenvalue weighted by Gasteiger charge is -2.31. The zero-order valence-electron chi connectivity index (χ0n) is 14.1. The number of benzene rings is 2. The van der Waals surface area contributed by atoms with Crippen molar-refractivity contribution in [2.24, 2.45) is 5.92 Å². The molecule has 1 fully saturated rings. The molecule has 5 nitrogen and oxygen atoms in total. The van der Waals surface area contributed by atoms with E-state index in [2.05, 4.69) is 0 Å². The van der Waals surface area contributed by atoms with E-state index in [-0.39, 0.29) is 24.4 Å². The van der Waals surface area contributed by atoms with E-state index >= 15 is 0 Å². The molecule has 0 spiro atoms. The number of rotatable bonds is 3. The van der Waals surface area contributed by atoms with Crippen LogP contribution < -0.4 is 9.47 Å². The monoisotopic (exact) mass is 371 g/mol. The second kappa shape index (κ2) is 7.00. The summed E-state index contributed by atoms with van der Waals surface area (Å²) < 4.78 is 10.6. The molecule has 0 unspecified atom stereocenters.